The first-order chi connectivity index (χ1) is 15.2. The van der Waals surface area contributed by atoms with Crippen molar-refractivity contribution in [2.45, 2.75) is 4.90 Å². The fourth-order valence-corrected chi connectivity index (χ4v) is 9.04. The van der Waals surface area contributed by atoms with Crippen LogP contribution < -0.4 is 15.3 Å². The van der Waals surface area contributed by atoms with Crippen LogP contribution in [0.5, 0.6) is 5.75 Å². The monoisotopic (exact) mass is 458 g/mol. The van der Waals surface area contributed by atoms with E-state index < -0.39 is 6.04 Å². The first kappa shape index (κ1) is 21.6. The quantitative estimate of drug-likeness (QED) is 0.220. The summed E-state index contributed by atoms with van der Waals surface area (Å²) in [4.78, 5) is 1.14. The molecule has 31 heavy (non-hydrogen) atoms. The van der Waals surface area contributed by atoms with Crippen molar-refractivity contribution in [3.05, 3.63) is 125 Å². The van der Waals surface area contributed by atoms with Crippen molar-refractivity contribution < 1.29 is 4.74 Å². The predicted octanol–water partition coefficient (Wildman–Crippen LogP) is 6.92. The molecule has 0 aliphatic heterocycles. The number of hydrogen-bond acceptors (Lipinski definition) is 3. The average molecular weight is 459 g/mol. The molecule has 0 atom stereocenters. The fourth-order valence-electron chi connectivity index (χ4n) is 3.32. The highest BCUT2D eigenvalue weighted by Gasteiger charge is 2.28. The van der Waals surface area contributed by atoms with Crippen molar-refractivity contribution in [1.29, 1.82) is 0 Å². The molecule has 0 amide bonds. The van der Waals surface area contributed by atoms with Crippen molar-refractivity contribution >= 4 is 46.3 Å². The Morgan fingerprint density at radius 1 is 0.710 bits per heavy atom. The van der Waals surface area contributed by atoms with E-state index >= 15 is 0 Å². The Hall–Kier alpha value is -2.58. The highest BCUT2D eigenvalue weighted by molar-refractivity contribution is 8.31. The maximum Gasteiger partial charge on any atom is 0.118 e. The van der Waals surface area contributed by atoms with Gasteiger partial charge in [0, 0.05) is 15.6 Å². The molecular weight excluding hydrogens is 435 g/mol. The molecule has 0 saturated carbocycles. The van der Waals surface area contributed by atoms with Crippen molar-refractivity contribution in [2.75, 3.05) is 7.11 Å². The van der Waals surface area contributed by atoms with E-state index in [1.165, 1.54) is 15.3 Å². The van der Waals surface area contributed by atoms with Crippen LogP contribution >= 0.6 is 17.8 Å². The lowest BCUT2D eigenvalue weighted by atomic mass is 10.2. The van der Waals surface area contributed by atoms with Gasteiger partial charge in [0.15, 0.2) is 0 Å². The van der Waals surface area contributed by atoms with Gasteiger partial charge in [-0.2, -0.15) is 0 Å². The van der Waals surface area contributed by atoms with Crippen LogP contribution in [0.4, 0.5) is 0 Å². The summed E-state index contributed by atoms with van der Waals surface area (Å²) < 4.78 is 6.53. The van der Waals surface area contributed by atoms with E-state index in [-0.39, 0.29) is 0 Å². The molecule has 0 unspecified atom stereocenters. The summed E-state index contributed by atoms with van der Waals surface area (Å²) in [6.07, 6.45) is 2.26. The third-order valence-electron chi connectivity index (χ3n) is 4.92. The summed E-state index contributed by atoms with van der Waals surface area (Å²) in [7, 11) is 1.69. The van der Waals surface area contributed by atoms with Crippen LogP contribution in [0.25, 0.3) is 6.08 Å². The molecule has 0 aliphatic rings. The van der Waals surface area contributed by atoms with E-state index in [2.05, 4.69) is 91.0 Å². The van der Waals surface area contributed by atoms with Crippen LogP contribution in [-0.4, -0.2) is 7.11 Å². The van der Waals surface area contributed by atoms with E-state index in [1.807, 2.05) is 30.3 Å². The zero-order valence-electron chi connectivity index (χ0n) is 17.2. The second-order valence-electron chi connectivity index (χ2n) is 6.95. The van der Waals surface area contributed by atoms with E-state index in [9.17, 15) is 0 Å². The standard InChI is InChI=1S/C27H23OPS2/c1-28-23-17-19-26(20-18-23)31-27(21-22-11-5-2-6-12-22)29(30,24-13-7-3-8-14-24)25-15-9-4-10-16-25/h2-21H,1H3/b27-21-. The van der Waals surface area contributed by atoms with Crippen molar-refractivity contribution in [2.24, 2.45) is 0 Å². The summed E-state index contributed by atoms with van der Waals surface area (Å²) in [5.74, 6) is 0.850. The molecule has 0 heterocycles. The highest BCUT2D eigenvalue weighted by atomic mass is 32.4. The molecule has 1 nitrogen and oxygen atoms in total. The van der Waals surface area contributed by atoms with Gasteiger partial charge in [-0.3, -0.25) is 0 Å². The van der Waals surface area contributed by atoms with E-state index in [4.69, 9.17) is 16.5 Å². The minimum Gasteiger partial charge on any atom is -0.497 e. The summed E-state index contributed by atoms with van der Waals surface area (Å²) in [6.45, 7) is 0. The maximum atomic E-state index is 6.60. The number of thioether (sulfide) groups is 1. The zero-order chi connectivity index (χ0) is 21.5. The summed E-state index contributed by atoms with van der Waals surface area (Å²) in [6, 6.07) is 37.4. The SMILES string of the molecule is COc1ccc(S/C(=C\c2ccccc2)P(=S)(c2ccccc2)c2ccccc2)cc1. The molecule has 4 aromatic rings. The third kappa shape index (κ3) is 5.02. The van der Waals surface area contributed by atoms with Crippen LogP contribution in [0.3, 0.4) is 0 Å². The van der Waals surface area contributed by atoms with E-state index in [0.717, 1.165) is 16.2 Å². The topological polar surface area (TPSA) is 9.23 Å². The summed E-state index contributed by atoms with van der Waals surface area (Å²) in [5.41, 5.74) is 1.15. The Morgan fingerprint density at radius 2 is 1.19 bits per heavy atom. The fraction of sp³-hybridized carbons (Fsp3) is 0.0370. The molecule has 0 radical (unpaired) electrons. The van der Waals surface area contributed by atoms with E-state index in [1.54, 1.807) is 18.9 Å². The molecule has 0 aromatic heterocycles. The van der Waals surface area contributed by atoms with Crippen LogP contribution in [-0.2, 0) is 11.8 Å². The van der Waals surface area contributed by atoms with Gasteiger partial charge in [0.05, 0.1) is 7.11 Å². The molecule has 0 aliphatic carbocycles. The Kier molecular flexibility index (Phi) is 7.09. The number of hydrogen-bond donors (Lipinski definition) is 0. The van der Waals surface area contributed by atoms with E-state index in [0.29, 0.717) is 0 Å². The van der Waals surface area contributed by atoms with Crippen LogP contribution in [0.1, 0.15) is 5.56 Å². The summed E-state index contributed by atoms with van der Waals surface area (Å²) >= 11 is 8.35. The van der Waals surface area contributed by atoms with Crippen molar-refractivity contribution in [1.82, 2.24) is 0 Å². The van der Waals surface area contributed by atoms with Crippen molar-refractivity contribution in [3.8, 4) is 5.75 Å². The van der Waals surface area contributed by atoms with Gasteiger partial charge < -0.3 is 4.74 Å². The van der Waals surface area contributed by atoms with Gasteiger partial charge in [-0.15, -0.1) is 0 Å². The Bertz CT molecular complexity index is 1140. The van der Waals surface area contributed by atoms with Gasteiger partial charge in [-0.1, -0.05) is 115 Å². The number of benzene rings is 4. The smallest absolute Gasteiger partial charge is 0.118 e. The van der Waals surface area contributed by atoms with Gasteiger partial charge in [0.2, 0.25) is 0 Å². The number of methoxy groups -OCH3 is 1. The Morgan fingerprint density at radius 3 is 1.68 bits per heavy atom. The minimum atomic E-state index is -2.26. The minimum absolute atomic E-state index is 0.850. The van der Waals surface area contributed by atoms with Gasteiger partial charge in [0.1, 0.15) is 5.75 Å². The predicted molar refractivity (Wildman–Crippen MR) is 140 cm³/mol. The van der Waals surface area contributed by atoms with Crippen LogP contribution in [0.15, 0.2) is 125 Å². The number of ether oxygens (including phenoxy) is 1. The molecule has 4 rings (SSSR count). The maximum absolute atomic E-state index is 6.60. The van der Waals surface area contributed by atoms with Gasteiger partial charge in [-0.05, 0) is 46.5 Å². The van der Waals surface area contributed by atoms with Crippen molar-refractivity contribution in [3.63, 3.8) is 0 Å². The largest absolute Gasteiger partial charge is 0.497 e. The zero-order valence-corrected chi connectivity index (χ0v) is 19.7. The molecule has 0 bridgehead atoms. The number of rotatable bonds is 7. The molecule has 154 valence electrons. The van der Waals surface area contributed by atoms with Crippen LogP contribution in [0.2, 0.25) is 0 Å². The average Bonchev–Trinajstić information content (AvgIpc) is 2.85. The molecule has 4 heteroatoms. The van der Waals surface area contributed by atoms with Crippen LogP contribution in [0, 0.1) is 0 Å². The second kappa shape index (κ2) is 10.2. The second-order valence-corrected chi connectivity index (χ2v) is 12.7. The lowest BCUT2D eigenvalue weighted by molar-refractivity contribution is 0.414. The lowest BCUT2D eigenvalue weighted by Crippen LogP contribution is -2.16. The normalized spacial score (nSPS) is 11.8. The molecule has 0 saturated heterocycles. The Balaban J connectivity index is 1.90. The first-order valence-electron chi connectivity index (χ1n) is 10.0. The van der Waals surface area contributed by atoms with Gasteiger partial charge in [-0.25, -0.2) is 0 Å². The first-order valence-corrected chi connectivity index (χ1v) is 13.6. The molecule has 0 N–H and O–H groups in total. The highest BCUT2D eigenvalue weighted by Crippen LogP contribution is 2.59. The van der Waals surface area contributed by atoms with Gasteiger partial charge >= 0.3 is 0 Å². The Labute approximate surface area is 193 Å². The molecule has 4 aromatic carbocycles. The lowest BCUT2D eigenvalue weighted by Gasteiger charge is -2.26. The summed E-state index contributed by atoms with van der Waals surface area (Å²) in [5, 5.41) is 2.39. The van der Waals surface area contributed by atoms with Gasteiger partial charge in [0.25, 0.3) is 0 Å². The third-order valence-corrected chi connectivity index (χ3v) is 11.9. The molecular formula is C27H23OPS2. The molecule has 0 spiro atoms. The molecule has 0 fully saturated rings.